The Balaban J connectivity index is 1.43. The van der Waals surface area contributed by atoms with Crippen LogP contribution in [0.3, 0.4) is 0 Å². The monoisotopic (exact) mass is 324 g/mol. The van der Waals surface area contributed by atoms with Gasteiger partial charge in [0.15, 0.2) is 0 Å². The van der Waals surface area contributed by atoms with Gasteiger partial charge in [-0.3, -0.25) is 4.79 Å². The van der Waals surface area contributed by atoms with E-state index < -0.39 is 0 Å². The summed E-state index contributed by atoms with van der Waals surface area (Å²) in [6.07, 6.45) is 9.55. The van der Waals surface area contributed by atoms with Crippen molar-refractivity contribution in [1.29, 1.82) is 0 Å². The molecule has 1 saturated heterocycles. The van der Waals surface area contributed by atoms with Crippen LogP contribution >= 0.6 is 0 Å². The van der Waals surface area contributed by atoms with Crippen LogP contribution in [-0.4, -0.2) is 38.7 Å². The van der Waals surface area contributed by atoms with Crippen LogP contribution in [0.5, 0.6) is 0 Å². The van der Waals surface area contributed by atoms with E-state index >= 15 is 0 Å². The standard InChI is InChI=1S/C19H24N4O/c24-19(11-16-7-3-6-15-5-1-2-9-18(15)16)22-10-4-8-17(12-22)23-14-20-13-21-23/h1-2,5,9,13-14,16-17H,3-4,6-8,10-12H2/t16-,17+/m0/s1. The SMILES string of the molecule is O=C(C[C@@H]1CCCc2ccccc21)N1CCC[C@@H](n2cncn2)C1. The highest BCUT2D eigenvalue weighted by molar-refractivity contribution is 5.77. The maximum atomic E-state index is 12.9. The molecule has 0 unspecified atom stereocenters. The molecule has 4 rings (SSSR count). The number of piperidine rings is 1. The predicted molar refractivity (Wildman–Crippen MR) is 91.6 cm³/mol. The number of nitrogens with zero attached hydrogens (tertiary/aromatic N) is 4. The Bertz CT molecular complexity index is 697. The lowest BCUT2D eigenvalue weighted by atomic mass is 9.81. The van der Waals surface area contributed by atoms with Gasteiger partial charge in [0.05, 0.1) is 6.04 Å². The first-order valence-corrected chi connectivity index (χ1v) is 9.01. The van der Waals surface area contributed by atoms with Gasteiger partial charge >= 0.3 is 0 Å². The summed E-state index contributed by atoms with van der Waals surface area (Å²) in [5, 5.41) is 4.25. The molecule has 1 fully saturated rings. The second-order valence-corrected chi connectivity index (χ2v) is 7.00. The van der Waals surface area contributed by atoms with Gasteiger partial charge in [-0.05, 0) is 49.1 Å². The van der Waals surface area contributed by atoms with E-state index in [4.69, 9.17) is 0 Å². The van der Waals surface area contributed by atoms with Gasteiger partial charge in [-0.25, -0.2) is 9.67 Å². The second kappa shape index (κ2) is 6.75. The van der Waals surface area contributed by atoms with Crippen LogP contribution < -0.4 is 0 Å². The van der Waals surface area contributed by atoms with E-state index in [2.05, 4.69) is 34.3 Å². The molecule has 0 N–H and O–H groups in total. The Morgan fingerprint density at radius 3 is 3.00 bits per heavy atom. The van der Waals surface area contributed by atoms with Gasteiger partial charge in [-0.15, -0.1) is 0 Å². The van der Waals surface area contributed by atoms with Crippen molar-refractivity contribution in [3.05, 3.63) is 48.0 Å². The number of carbonyl (C=O) groups is 1. The number of hydrogen-bond donors (Lipinski definition) is 0. The molecular weight excluding hydrogens is 300 g/mol. The van der Waals surface area contributed by atoms with Crippen molar-refractivity contribution in [2.75, 3.05) is 13.1 Å². The maximum absolute atomic E-state index is 12.9. The van der Waals surface area contributed by atoms with Crippen molar-refractivity contribution in [3.8, 4) is 0 Å². The van der Waals surface area contributed by atoms with Gasteiger partial charge in [0.2, 0.25) is 5.91 Å². The fourth-order valence-corrected chi connectivity index (χ4v) is 4.21. The Kier molecular flexibility index (Phi) is 4.32. The minimum Gasteiger partial charge on any atom is -0.341 e. The molecule has 0 saturated carbocycles. The zero-order chi connectivity index (χ0) is 16.4. The molecule has 1 aromatic heterocycles. The fraction of sp³-hybridized carbons (Fsp3) is 0.526. The lowest BCUT2D eigenvalue weighted by molar-refractivity contribution is -0.133. The van der Waals surface area contributed by atoms with Gasteiger partial charge < -0.3 is 4.90 Å². The topological polar surface area (TPSA) is 51.0 Å². The summed E-state index contributed by atoms with van der Waals surface area (Å²) < 4.78 is 1.90. The van der Waals surface area contributed by atoms with E-state index in [0.717, 1.165) is 38.8 Å². The molecule has 126 valence electrons. The summed E-state index contributed by atoms with van der Waals surface area (Å²) in [6, 6.07) is 8.90. The van der Waals surface area contributed by atoms with Gasteiger partial charge in [-0.1, -0.05) is 24.3 Å². The molecule has 1 amide bonds. The largest absolute Gasteiger partial charge is 0.341 e. The van der Waals surface area contributed by atoms with Crippen molar-refractivity contribution in [3.63, 3.8) is 0 Å². The van der Waals surface area contributed by atoms with Crippen LogP contribution in [0.1, 0.15) is 55.2 Å². The maximum Gasteiger partial charge on any atom is 0.223 e. The van der Waals surface area contributed by atoms with E-state index in [1.807, 2.05) is 9.58 Å². The van der Waals surface area contributed by atoms with E-state index in [-0.39, 0.29) is 6.04 Å². The van der Waals surface area contributed by atoms with E-state index in [9.17, 15) is 4.79 Å². The average Bonchev–Trinajstić information content (AvgIpc) is 3.17. The summed E-state index contributed by atoms with van der Waals surface area (Å²) >= 11 is 0. The first-order chi connectivity index (χ1) is 11.8. The summed E-state index contributed by atoms with van der Waals surface area (Å²) in [7, 11) is 0. The number of hydrogen-bond acceptors (Lipinski definition) is 3. The Morgan fingerprint density at radius 1 is 1.21 bits per heavy atom. The highest BCUT2D eigenvalue weighted by atomic mass is 16.2. The third kappa shape index (κ3) is 3.07. The van der Waals surface area contributed by atoms with Crippen molar-refractivity contribution < 1.29 is 4.79 Å². The number of likely N-dealkylation sites (tertiary alicyclic amines) is 1. The zero-order valence-corrected chi connectivity index (χ0v) is 14.0. The molecule has 2 aromatic rings. The third-order valence-electron chi connectivity index (χ3n) is 5.47. The number of benzene rings is 1. The van der Waals surface area contributed by atoms with Crippen molar-refractivity contribution in [2.45, 2.75) is 50.5 Å². The van der Waals surface area contributed by atoms with Crippen molar-refractivity contribution >= 4 is 5.91 Å². The molecule has 2 aliphatic rings. The molecule has 5 heteroatoms. The van der Waals surface area contributed by atoms with Gasteiger partial charge in [0.1, 0.15) is 12.7 Å². The highest BCUT2D eigenvalue weighted by Crippen LogP contribution is 2.34. The van der Waals surface area contributed by atoms with E-state index in [1.54, 1.807) is 12.7 Å². The number of rotatable bonds is 3. The highest BCUT2D eigenvalue weighted by Gasteiger charge is 2.28. The Hall–Kier alpha value is -2.17. The summed E-state index contributed by atoms with van der Waals surface area (Å²) in [6.45, 7) is 1.63. The predicted octanol–water partition coefficient (Wildman–Crippen LogP) is 2.95. The van der Waals surface area contributed by atoms with Crippen LogP contribution in [0, 0.1) is 0 Å². The minimum absolute atomic E-state index is 0.267. The summed E-state index contributed by atoms with van der Waals surface area (Å²) in [5.74, 6) is 0.677. The summed E-state index contributed by atoms with van der Waals surface area (Å²) in [5.41, 5.74) is 2.82. The number of aryl methyl sites for hydroxylation is 1. The first-order valence-electron chi connectivity index (χ1n) is 9.01. The molecule has 24 heavy (non-hydrogen) atoms. The zero-order valence-electron chi connectivity index (χ0n) is 14.0. The molecule has 1 aliphatic carbocycles. The van der Waals surface area contributed by atoms with Gasteiger partial charge in [0, 0.05) is 19.5 Å². The molecule has 0 bridgehead atoms. The molecule has 0 spiro atoms. The second-order valence-electron chi connectivity index (χ2n) is 7.00. The van der Waals surface area contributed by atoms with Crippen molar-refractivity contribution in [1.82, 2.24) is 19.7 Å². The van der Waals surface area contributed by atoms with E-state index in [1.165, 1.54) is 17.5 Å². The lowest BCUT2D eigenvalue weighted by Gasteiger charge is -2.34. The molecule has 0 radical (unpaired) electrons. The molecule has 5 nitrogen and oxygen atoms in total. The van der Waals surface area contributed by atoms with Crippen LogP contribution in [-0.2, 0) is 11.2 Å². The molecule has 2 atom stereocenters. The van der Waals surface area contributed by atoms with Crippen LogP contribution in [0.15, 0.2) is 36.9 Å². The van der Waals surface area contributed by atoms with Crippen LogP contribution in [0.4, 0.5) is 0 Å². The molecule has 2 heterocycles. The summed E-state index contributed by atoms with van der Waals surface area (Å²) in [4.78, 5) is 18.9. The molecular formula is C19H24N4O. The lowest BCUT2D eigenvalue weighted by Crippen LogP contribution is -2.41. The van der Waals surface area contributed by atoms with E-state index in [0.29, 0.717) is 18.2 Å². The Morgan fingerprint density at radius 2 is 2.12 bits per heavy atom. The number of amides is 1. The fourth-order valence-electron chi connectivity index (χ4n) is 4.21. The normalized spacial score (nSPS) is 23.8. The van der Waals surface area contributed by atoms with Gasteiger partial charge in [-0.2, -0.15) is 5.10 Å². The minimum atomic E-state index is 0.267. The van der Waals surface area contributed by atoms with Crippen LogP contribution in [0.2, 0.25) is 0 Å². The third-order valence-corrected chi connectivity index (χ3v) is 5.47. The van der Waals surface area contributed by atoms with Gasteiger partial charge in [0.25, 0.3) is 0 Å². The Labute approximate surface area is 142 Å². The smallest absolute Gasteiger partial charge is 0.223 e. The van der Waals surface area contributed by atoms with Crippen molar-refractivity contribution in [2.24, 2.45) is 0 Å². The first kappa shape index (κ1) is 15.4. The number of carbonyl (C=O) groups excluding carboxylic acids is 1. The average molecular weight is 324 g/mol. The number of fused-ring (bicyclic) bond motifs is 1. The number of aromatic nitrogens is 3. The quantitative estimate of drug-likeness (QED) is 0.872. The molecule has 1 aromatic carbocycles. The molecule has 1 aliphatic heterocycles. The van der Waals surface area contributed by atoms with Crippen LogP contribution in [0.25, 0.3) is 0 Å².